The molecular formula is C20H18ClN3O2. The first kappa shape index (κ1) is 17.8. The highest BCUT2D eigenvalue weighted by atomic mass is 35.5. The first-order chi connectivity index (χ1) is 12.6. The Labute approximate surface area is 157 Å². The maximum atomic E-state index is 12.1. The van der Waals surface area contributed by atoms with E-state index in [4.69, 9.17) is 16.3 Å². The molecule has 1 aromatic heterocycles. The van der Waals surface area contributed by atoms with Crippen LogP contribution in [0.3, 0.4) is 0 Å². The van der Waals surface area contributed by atoms with E-state index in [0.717, 1.165) is 11.3 Å². The van der Waals surface area contributed by atoms with Crippen LogP contribution >= 0.6 is 11.6 Å². The van der Waals surface area contributed by atoms with Gasteiger partial charge in [0, 0.05) is 5.69 Å². The molecule has 6 heteroatoms. The minimum absolute atomic E-state index is 0.0827. The summed E-state index contributed by atoms with van der Waals surface area (Å²) in [4.78, 5) is 16.4. The molecule has 0 saturated carbocycles. The number of nitrogens with one attached hydrogen (secondary N) is 2. The lowest BCUT2D eigenvalue weighted by Gasteiger charge is -2.09. The minimum atomic E-state index is -0.0827. The van der Waals surface area contributed by atoms with Crippen LogP contribution in [-0.2, 0) is 11.2 Å². The molecule has 0 saturated heterocycles. The largest absolute Gasteiger partial charge is 0.495 e. The SMILES string of the molecule is COc1ccc(Nc2ccc(NC(=O)Cc3ccccc3)cn2)cc1Cl. The number of ether oxygens (including phenoxy) is 1. The summed E-state index contributed by atoms with van der Waals surface area (Å²) in [5.74, 6) is 1.18. The minimum Gasteiger partial charge on any atom is -0.495 e. The lowest BCUT2D eigenvalue weighted by Crippen LogP contribution is -2.14. The van der Waals surface area contributed by atoms with Gasteiger partial charge in [-0.25, -0.2) is 4.98 Å². The lowest BCUT2D eigenvalue weighted by molar-refractivity contribution is -0.115. The van der Waals surface area contributed by atoms with Crippen LogP contribution in [0.15, 0.2) is 66.9 Å². The Kier molecular flexibility index (Phi) is 5.71. The van der Waals surface area contributed by atoms with Crippen molar-refractivity contribution in [2.75, 3.05) is 17.7 Å². The van der Waals surface area contributed by atoms with E-state index < -0.39 is 0 Å². The van der Waals surface area contributed by atoms with Gasteiger partial charge in [0.2, 0.25) is 5.91 Å². The number of anilines is 3. The molecule has 3 rings (SSSR count). The monoisotopic (exact) mass is 367 g/mol. The molecule has 1 amide bonds. The fraction of sp³-hybridized carbons (Fsp3) is 0.100. The zero-order valence-corrected chi connectivity index (χ0v) is 15.0. The standard InChI is InChI=1S/C20H18ClN3O2/c1-26-18-9-7-15(12-17(18)21)23-19-10-8-16(13-22-19)24-20(25)11-14-5-3-2-4-6-14/h2-10,12-13H,11H2,1H3,(H,22,23)(H,24,25). The molecule has 0 aliphatic carbocycles. The summed E-state index contributed by atoms with van der Waals surface area (Å²) < 4.78 is 5.13. The van der Waals surface area contributed by atoms with Crippen molar-refractivity contribution in [3.8, 4) is 5.75 Å². The van der Waals surface area contributed by atoms with Crippen LogP contribution < -0.4 is 15.4 Å². The van der Waals surface area contributed by atoms with E-state index in [0.29, 0.717) is 28.7 Å². The Morgan fingerprint density at radius 1 is 1.08 bits per heavy atom. The van der Waals surface area contributed by atoms with E-state index in [9.17, 15) is 4.79 Å². The summed E-state index contributed by atoms with van der Waals surface area (Å²) in [6, 6.07) is 18.6. The number of hydrogen-bond donors (Lipinski definition) is 2. The number of pyridine rings is 1. The van der Waals surface area contributed by atoms with E-state index in [1.165, 1.54) is 0 Å². The van der Waals surface area contributed by atoms with E-state index >= 15 is 0 Å². The number of hydrogen-bond acceptors (Lipinski definition) is 4. The molecule has 0 spiro atoms. The molecule has 2 N–H and O–H groups in total. The van der Waals surface area contributed by atoms with Crippen molar-refractivity contribution in [3.63, 3.8) is 0 Å². The van der Waals surface area contributed by atoms with Crippen LogP contribution in [0.1, 0.15) is 5.56 Å². The number of amides is 1. The lowest BCUT2D eigenvalue weighted by atomic mass is 10.1. The fourth-order valence-corrected chi connectivity index (χ4v) is 2.68. The molecule has 132 valence electrons. The molecule has 1 heterocycles. The van der Waals surface area contributed by atoms with Crippen LogP contribution in [0.4, 0.5) is 17.2 Å². The van der Waals surface area contributed by atoms with Crippen molar-refractivity contribution in [3.05, 3.63) is 77.4 Å². The van der Waals surface area contributed by atoms with Gasteiger partial charge < -0.3 is 15.4 Å². The second-order valence-electron chi connectivity index (χ2n) is 5.62. The van der Waals surface area contributed by atoms with Crippen LogP contribution in [0, 0.1) is 0 Å². The Morgan fingerprint density at radius 2 is 1.85 bits per heavy atom. The van der Waals surface area contributed by atoms with Crippen molar-refractivity contribution < 1.29 is 9.53 Å². The summed E-state index contributed by atoms with van der Waals surface area (Å²) in [5.41, 5.74) is 2.40. The summed E-state index contributed by atoms with van der Waals surface area (Å²) in [6.45, 7) is 0. The normalized spacial score (nSPS) is 10.2. The Morgan fingerprint density at radius 3 is 2.50 bits per heavy atom. The van der Waals surface area contributed by atoms with Crippen molar-refractivity contribution >= 4 is 34.7 Å². The Hall–Kier alpha value is -3.05. The van der Waals surface area contributed by atoms with Crippen LogP contribution in [0.25, 0.3) is 0 Å². The predicted octanol–water partition coefficient (Wildman–Crippen LogP) is 4.67. The predicted molar refractivity (Wildman–Crippen MR) is 104 cm³/mol. The highest BCUT2D eigenvalue weighted by molar-refractivity contribution is 6.32. The molecule has 0 aliphatic rings. The highest BCUT2D eigenvalue weighted by Crippen LogP contribution is 2.28. The average molecular weight is 368 g/mol. The van der Waals surface area contributed by atoms with Gasteiger partial charge in [-0.05, 0) is 35.9 Å². The van der Waals surface area contributed by atoms with Gasteiger partial charge in [0.25, 0.3) is 0 Å². The smallest absolute Gasteiger partial charge is 0.228 e. The highest BCUT2D eigenvalue weighted by Gasteiger charge is 2.06. The molecule has 26 heavy (non-hydrogen) atoms. The van der Waals surface area contributed by atoms with Crippen LogP contribution in [0.5, 0.6) is 5.75 Å². The maximum Gasteiger partial charge on any atom is 0.228 e. The number of aromatic nitrogens is 1. The number of rotatable bonds is 6. The molecule has 3 aromatic rings. The second-order valence-corrected chi connectivity index (χ2v) is 6.02. The topological polar surface area (TPSA) is 63.2 Å². The Balaban J connectivity index is 1.59. The summed E-state index contributed by atoms with van der Waals surface area (Å²) in [7, 11) is 1.57. The zero-order valence-electron chi connectivity index (χ0n) is 14.2. The zero-order chi connectivity index (χ0) is 18.4. The van der Waals surface area contributed by atoms with Crippen LogP contribution in [0.2, 0.25) is 5.02 Å². The second kappa shape index (κ2) is 8.36. The van der Waals surface area contributed by atoms with E-state index in [1.54, 1.807) is 37.6 Å². The third-order valence-corrected chi connectivity index (χ3v) is 3.97. The van der Waals surface area contributed by atoms with Gasteiger partial charge in [0.15, 0.2) is 0 Å². The molecular weight excluding hydrogens is 350 g/mol. The first-order valence-corrected chi connectivity index (χ1v) is 8.42. The molecule has 0 bridgehead atoms. The van der Waals surface area contributed by atoms with Crippen molar-refractivity contribution in [2.24, 2.45) is 0 Å². The van der Waals surface area contributed by atoms with Gasteiger partial charge in [0.05, 0.1) is 30.4 Å². The first-order valence-electron chi connectivity index (χ1n) is 8.04. The maximum absolute atomic E-state index is 12.1. The van der Waals surface area contributed by atoms with Gasteiger partial charge >= 0.3 is 0 Å². The van der Waals surface area contributed by atoms with Crippen molar-refractivity contribution in [1.29, 1.82) is 0 Å². The van der Waals surface area contributed by atoms with Crippen molar-refractivity contribution in [1.82, 2.24) is 4.98 Å². The molecule has 5 nitrogen and oxygen atoms in total. The van der Waals surface area contributed by atoms with Gasteiger partial charge in [-0.3, -0.25) is 4.79 Å². The van der Waals surface area contributed by atoms with E-state index in [2.05, 4.69) is 15.6 Å². The molecule has 0 atom stereocenters. The van der Waals surface area contributed by atoms with Gasteiger partial charge in [-0.2, -0.15) is 0 Å². The van der Waals surface area contributed by atoms with Crippen LogP contribution in [-0.4, -0.2) is 18.0 Å². The number of nitrogens with zero attached hydrogens (tertiary/aromatic N) is 1. The summed E-state index contributed by atoms with van der Waals surface area (Å²) in [5, 5.41) is 6.51. The number of methoxy groups -OCH3 is 1. The number of carbonyl (C=O) groups excluding carboxylic acids is 1. The molecule has 2 aromatic carbocycles. The molecule has 0 aliphatic heterocycles. The van der Waals surface area contributed by atoms with E-state index in [-0.39, 0.29) is 5.91 Å². The molecule has 0 unspecified atom stereocenters. The molecule has 0 fully saturated rings. The van der Waals surface area contributed by atoms with E-state index in [1.807, 2.05) is 36.4 Å². The third-order valence-electron chi connectivity index (χ3n) is 3.68. The number of halogens is 1. The third kappa shape index (κ3) is 4.74. The van der Waals surface area contributed by atoms with Gasteiger partial charge in [-0.1, -0.05) is 41.9 Å². The van der Waals surface area contributed by atoms with Crippen molar-refractivity contribution in [2.45, 2.75) is 6.42 Å². The fourth-order valence-electron chi connectivity index (χ4n) is 2.42. The number of carbonyl (C=O) groups is 1. The molecule has 0 radical (unpaired) electrons. The van der Waals surface area contributed by atoms with Gasteiger partial charge in [-0.15, -0.1) is 0 Å². The van der Waals surface area contributed by atoms with Gasteiger partial charge in [0.1, 0.15) is 11.6 Å². The summed E-state index contributed by atoms with van der Waals surface area (Å²) >= 11 is 6.11. The Bertz CT molecular complexity index is 883. The quantitative estimate of drug-likeness (QED) is 0.664. The average Bonchev–Trinajstić information content (AvgIpc) is 2.64. The number of benzene rings is 2. The summed E-state index contributed by atoms with van der Waals surface area (Å²) in [6.07, 6.45) is 1.93.